The number of rotatable bonds is 4. The molecule has 1 amide bonds. The van der Waals surface area contributed by atoms with Crippen molar-refractivity contribution in [3.8, 4) is 0 Å². The minimum absolute atomic E-state index is 0.0462. The maximum absolute atomic E-state index is 12.4. The second kappa shape index (κ2) is 5.31. The quantitative estimate of drug-likeness (QED) is 0.817. The number of nitrogens with one attached hydrogen (secondary N) is 2. The van der Waals surface area contributed by atoms with Crippen molar-refractivity contribution in [1.82, 2.24) is 20.4 Å². The SMILES string of the molecule is CCCN(C(=O)c1cc(C)[nH]n1)C1CCNC1. The Hall–Kier alpha value is -1.36. The molecule has 1 fully saturated rings. The third-order valence-corrected chi connectivity index (χ3v) is 3.13. The van der Waals surface area contributed by atoms with Crippen LogP contribution >= 0.6 is 0 Å². The Morgan fingerprint density at radius 1 is 1.65 bits per heavy atom. The Balaban J connectivity index is 2.12. The van der Waals surface area contributed by atoms with Crippen molar-refractivity contribution in [2.24, 2.45) is 0 Å². The third-order valence-electron chi connectivity index (χ3n) is 3.13. The molecule has 5 nitrogen and oxygen atoms in total. The predicted octanol–water partition coefficient (Wildman–Crippen LogP) is 0.932. The molecule has 1 unspecified atom stereocenters. The molecule has 0 radical (unpaired) electrons. The number of aromatic nitrogens is 2. The maximum atomic E-state index is 12.4. The molecule has 1 aliphatic rings. The molecule has 1 saturated heterocycles. The minimum atomic E-state index is 0.0462. The summed E-state index contributed by atoms with van der Waals surface area (Å²) in [6.45, 7) is 6.70. The summed E-state index contributed by atoms with van der Waals surface area (Å²) in [4.78, 5) is 14.3. The van der Waals surface area contributed by atoms with Gasteiger partial charge in [0.1, 0.15) is 5.69 Å². The highest BCUT2D eigenvalue weighted by Crippen LogP contribution is 2.13. The van der Waals surface area contributed by atoms with Gasteiger partial charge in [-0.05, 0) is 32.4 Å². The van der Waals surface area contributed by atoms with Crippen molar-refractivity contribution in [1.29, 1.82) is 0 Å². The van der Waals surface area contributed by atoms with Crippen LogP contribution in [0.15, 0.2) is 6.07 Å². The lowest BCUT2D eigenvalue weighted by Gasteiger charge is -2.27. The summed E-state index contributed by atoms with van der Waals surface area (Å²) in [7, 11) is 0. The van der Waals surface area contributed by atoms with Crippen LogP contribution in [0, 0.1) is 6.92 Å². The number of aromatic amines is 1. The zero-order valence-electron chi connectivity index (χ0n) is 10.5. The van der Waals surface area contributed by atoms with Crippen LogP contribution in [0.4, 0.5) is 0 Å². The van der Waals surface area contributed by atoms with E-state index in [1.54, 1.807) is 0 Å². The molecule has 1 atom stereocenters. The molecular formula is C12H20N4O. The molecule has 1 aliphatic heterocycles. The molecular weight excluding hydrogens is 216 g/mol. The molecule has 2 N–H and O–H groups in total. The van der Waals surface area contributed by atoms with E-state index in [-0.39, 0.29) is 5.91 Å². The van der Waals surface area contributed by atoms with Crippen molar-refractivity contribution in [3.05, 3.63) is 17.5 Å². The van der Waals surface area contributed by atoms with Gasteiger partial charge in [0.15, 0.2) is 0 Å². The number of hydrogen-bond acceptors (Lipinski definition) is 3. The smallest absolute Gasteiger partial charge is 0.274 e. The first kappa shape index (κ1) is 12.1. The van der Waals surface area contributed by atoms with Gasteiger partial charge in [-0.1, -0.05) is 6.92 Å². The summed E-state index contributed by atoms with van der Waals surface area (Å²) in [5.41, 5.74) is 1.46. The summed E-state index contributed by atoms with van der Waals surface area (Å²) in [6, 6.07) is 2.13. The van der Waals surface area contributed by atoms with Gasteiger partial charge >= 0.3 is 0 Å². The molecule has 94 valence electrons. The van der Waals surface area contributed by atoms with Gasteiger partial charge in [-0.2, -0.15) is 5.10 Å². The van der Waals surface area contributed by atoms with Crippen molar-refractivity contribution in [2.45, 2.75) is 32.7 Å². The Labute approximate surface area is 102 Å². The van der Waals surface area contributed by atoms with E-state index < -0.39 is 0 Å². The van der Waals surface area contributed by atoms with Gasteiger partial charge in [0.2, 0.25) is 0 Å². The van der Waals surface area contributed by atoms with E-state index >= 15 is 0 Å². The van der Waals surface area contributed by atoms with E-state index in [4.69, 9.17) is 0 Å². The zero-order chi connectivity index (χ0) is 12.3. The maximum Gasteiger partial charge on any atom is 0.274 e. The van der Waals surface area contributed by atoms with E-state index in [2.05, 4.69) is 22.4 Å². The summed E-state index contributed by atoms with van der Waals surface area (Å²) in [5, 5.41) is 10.2. The predicted molar refractivity (Wildman–Crippen MR) is 65.9 cm³/mol. The molecule has 0 aliphatic carbocycles. The number of carbonyl (C=O) groups is 1. The van der Waals surface area contributed by atoms with Crippen LogP contribution in [0.2, 0.25) is 0 Å². The molecule has 1 aromatic heterocycles. The van der Waals surface area contributed by atoms with Crippen LogP contribution in [0.25, 0.3) is 0 Å². The zero-order valence-corrected chi connectivity index (χ0v) is 10.5. The lowest BCUT2D eigenvalue weighted by molar-refractivity contribution is 0.0686. The molecule has 0 aromatic carbocycles. The summed E-state index contributed by atoms with van der Waals surface area (Å²) in [5.74, 6) is 0.0462. The molecule has 1 aromatic rings. The highest BCUT2D eigenvalue weighted by atomic mass is 16.2. The van der Waals surface area contributed by atoms with Gasteiger partial charge in [0.25, 0.3) is 5.91 Å². The molecule has 0 bridgehead atoms. The monoisotopic (exact) mass is 236 g/mol. The fourth-order valence-electron chi connectivity index (χ4n) is 2.27. The number of H-pyrrole nitrogens is 1. The molecule has 0 saturated carbocycles. The van der Waals surface area contributed by atoms with Crippen molar-refractivity contribution in [2.75, 3.05) is 19.6 Å². The van der Waals surface area contributed by atoms with Crippen molar-refractivity contribution >= 4 is 5.91 Å². The topological polar surface area (TPSA) is 61.0 Å². The molecule has 17 heavy (non-hydrogen) atoms. The van der Waals surface area contributed by atoms with E-state index in [0.717, 1.165) is 38.2 Å². The largest absolute Gasteiger partial charge is 0.333 e. The number of aryl methyl sites for hydroxylation is 1. The van der Waals surface area contributed by atoms with Crippen molar-refractivity contribution in [3.63, 3.8) is 0 Å². The van der Waals surface area contributed by atoms with E-state index in [9.17, 15) is 4.79 Å². The van der Waals surface area contributed by atoms with E-state index in [1.807, 2.05) is 17.9 Å². The van der Waals surface area contributed by atoms with Crippen molar-refractivity contribution < 1.29 is 4.79 Å². The lowest BCUT2D eigenvalue weighted by atomic mass is 10.2. The van der Waals surface area contributed by atoms with Crippen LogP contribution in [0.1, 0.15) is 35.9 Å². The van der Waals surface area contributed by atoms with Gasteiger partial charge < -0.3 is 10.2 Å². The van der Waals surface area contributed by atoms with E-state index in [1.165, 1.54) is 0 Å². The fraction of sp³-hybridized carbons (Fsp3) is 0.667. The second-order valence-corrected chi connectivity index (χ2v) is 4.58. The number of amides is 1. The summed E-state index contributed by atoms with van der Waals surface area (Å²) < 4.78 is 0. The first-order valence-electron chi connectivity index (χ1n) is 6.26. The first-order valence-corrected chi connectivity index (χ1v) is 6.26. The molecule has 2 heterocycles. The van der Waals surface area contributed by atoms with Crippen LogP contribution in [0.5, 0.6) is 0 Å². The van der Waals surface area contributed by atoms with Crippen LogP contribution in [0.3, 0.4) is 0 Å². The second-order valence-electron chi connectivity index (χ2n) is 4.58. The fourth-order valence-corrected chi connectivity index (χ4v) is 2.27. The summed E-state index contributed by atoms with van der Waals surface area (Å²) >= 11 is 0. The highest BCUT2D eigenvalue weighted by molar-refractivity contribution is 5.92. The van der Waals surface area contributed by atoms with Crippen LogP contribution in [-0.2, 0) is 0 Å². The average Bonchev–Trinajstić information content (AvgIpc) is 2.95. The number of hydrogen-bond donors (Lipinski definition) is 2. The lowest BCUT2D eigenvalue weighted by Crippen LogP contribution is -2.42. The third kappa shape index (κ3) is 2.66. The van der Waals surface area contributed by atoms with Gasteiger partial charge in [0, 0.05) is 24.8 Å². The average molecular weight is 236 g/mol. The number of carbonyl (C=O) groups excluding carboxylic acids is 1. The highest BCUT2D eigenvalue weighted by Gasteiger charge is 2.27. The Kier molecular flexibility index (Phi) is 3.78. The van der Waals surface area contributed by atoms with Crippen LogP contribution < -0.4 is 5.32 Å². The van der Waals surface area contributed by atoms with E-state index in [0.29, 0.717) is 11.7 Å². The Bertz CT molecular complexity index is 382. The normalized spacial score (nSPS) is 19.5. The standard InChI is InChI=1S/C12H20N4O/c1-3-6-16(10-4-5-13-8-10)12(17)11-7-9(2)14-15-11/h7,10,13H,3-6,8H2,1-2H3,(H,14,15). The van der Waals surface area contributed by atoms with Gasteiger partial charge in [-0.3, -0.25) is 9.89 Å². The molecule has 0 spiro atoms. The van der Waals surface area contributed by atoms with Gasteiger partial charge in [-0.15, -0.1) is 0 Å². The Morgan fingerprint density at radius 2 is 2.47 bits per heavy atom. The molecule has 2 rings (SSSR count). The van der Waals surface area contributed by atoms with Gasteiger partial charge in [0.05, 0.1) is 0 Å². The van der Waals surface area contributed by atoms with Crippen LogP contribution in [-0.4, -0.2) is 46.7 Å². The molecule has 5 heteroatoms. The Morgan fingerprint density at radius 3 is 3.00 bits per heavy atom. The minimum Gasteiger partial charge on any atom is -0.333 e. The summed E-state index contributed by atoms with van der Waals surface area (Å²) in [6.07, 6.45) is 2.01. The first-order chi connectivity index (χ1) is 8.22. The van der Waals surface area contributed by atoms with Gasteiger partial charge in [-0.25, -0.2) is 0 Å². The number of nitrogens with zero attached hydrogens (tertiary/aromatic N) is 2.